The van der Waals surface area contributed by atoms with Crippen molar-refractivity contribution < 1.29 is 4.79 Å². The maximum Gasteiger partial charge on any atom is 0.272 e. The molecule has 6 heteroatoms. The maximum atomic E-state index is 12.5. The van der Waals surface area contributed by atoms with Crippen LogP contribution in [-0.2, 0) is 6.42 Å². The quantitative estimate of drug-likeness (QED) is 0.936. The largest absolute Gasteiger partial charge is 0.382 e. The third kappa shape index (κ3) is 4.03. The lowest BCUT2D eigenvalue weighted by atomic mass is 9.95. The summed E-state index contributed by atoms with van der Waals surface area (Å²) >= 11 is 0. The molecule has 0 aliphatic carbocycles. The summed E-state index contributed by atoms with van der Waals surface area (Å²) in [6, 6.07) is 5.44. The number of aromatic nitrogens is 3. The van der Waals surface area contributed by atoms with E-state index >= 15 is 0 Å². The zero-order valence-electron chi connectivity index (χ0n) is 13.1. The second-order valence-electron chi connectivity index (χ2n) is 5.94. The van der Waals surface area contributed by atoms with E-state index in [0.29, 0.717) is 17.4 Å². The molecule has 1 aliphatic rings. The molecule has 2 N–H and O–H groups in total. The van der Waals surface area contributed by atoms with E-state index in [1.165, 1.54) is 0 Å². The Balaban J connectivity index is 1.59. The SMILES string of the molecule is Nc1cnc(CC2CCCN(C(=O)c3ccccn3)CC2)cn1. The van der Waals surface area contributed by atoms with Gasteiger partial charge in [-0.15, -0.1) is 0 Å². The predicted octanol–water partition coefficient (Wildman–Crippen LogP) is 1.94. The molecule has 6 nitrogen and oxygen atoms in total. The number of nitrogens with two attached hydrogens (primary N) is 1. The van der Waals surface area contributed by atoms with E-state index in [1.807, 2.05) is 17.0 Å². The predicted molar refractivity (Wildman–Crippen MR) is 87.6 cm³/mol. The first kappa shape index (κ1) is 15.4. The Bertz CT molecular complexity index is 644. The molecule has 23 heavy (non-hydrogen) atoms. The fourth-order valence-electron chi connectivity index (χ4n) is 2.99. The van der Waals surface area contributed by atoms with Gasteiger partial charge in [-0.3, -0.25) is 14.8 Å². The summed E-state index contributed by atoms with van der Waals surface area (Å²) in [5.41, 5.74) is 7.06. The zero-order valence-corrected chi connectivity index (χ0v) is 13.1. The highest BCUT2D eigenvalue weighted by molar-refractivity contribution is 5.92. The molecule has 1 atom stereocenters. The Hall–Kier alpha value is -2.50. The molecule has 3 rings (SSSR count). The van der Waals surface area contributed by atoms with Crippen LogP contribution in [0.1, 0.15) is 35.4 Å². The van der Waals surface area contributed by atoms with Gasteiger partial charge >= 0.3 is 0 Å². The molecule has 0 spiro atoms. The van der Waals surface area contributed by atoms with Crippen molar-refractivity contribution in [2.75, 3.05) is 18.8 Å². The molecule has 1 amide bonds. The van der Waals surface area contributed by atoms with Crippen LogP contribution in [0.3, 0.4) is 0 Å². The average Bonchev–Trinajstić information content (AvgIpc) is 2.83. The normalized spacial score (nSPS) is 18.4. The van der Waals surface area contributed by atoms with Crippen LogP contribution in [0.5, 0.6) is 0 Å². The lowest BCUT2D eigenvalue weighted by Gasteiger charge is -2.20. The van der Waals surface area contributed by atoms with Crippen LogP contribution in [0.4, 0.5) is 5.82 Å². The van der Waals surface area contributed by atoms with Crippen LogP contribution in [0.25, 0.3) is 0 Å². The van der Waals surface area contributed by atoms with E-state index in [0.717, 1.165) is 44.5 Å². The molecule has 0 bridgehead atoms. The number of hydrogen-bond acceptors (Lipinski definition) is 5. The minimum Gasteiger partial charge on any atom is -0.382 e. The number of rotatable bonds is 3. The van der Waals surface area contributed by atoms with Crippen molar-refractivity contribution in [2.24, 2.45) is 5.92 Å². The number of carbonyl (C=O) groups is 1. The van der Waals surface area contributed by atoms with Gasteiger partial charge in [-0.1, -0.05) is 6.07 Å². The van der Waals surface area contributed by atoms with Gasteiger partial charge in [-0.05, 0) is 43.7 Å². The third-order valence-electron chi connectivity index (χ3n) is 4.24. The zero-order chi connectivity index (χ0) is 16.1. The molecule has 3 heterocycles. The summed E-state index contributed by atoms with van der Waals surface area (Å²) in [6.07, 6.45) is 8.97. The molecule has 0 aromatic carbocycles. The molecule has 1 aliphatic heterocycles. The van der Waals surface area contributed by atoms with E-state index in [9.17, 15) is 4.79 Å². The average molecular weight is 311 g/mol. The summed E-state index contributed by atoms with van der Waals surface area (Å²) in [6.45, 7) is 1.56. The summed E-state index contributed by atoms with van der Waals surface area (Å²) in [4.78, 5) is 27.0. The summed E-state index contributed by atoms with van der Waals surface area (Å²) in [5.74, 6) is 0.995. The molecule has 0 saturated carbocycles. The van der Waals surface area contributed by atoms with Gasteiger partial charge in [-0.25, -0.2) is 4.98 Å². The number of hydrogen-bond donors (Lipinski definition) is 1. The van der Waals surface area contributed by atoms with Crippen molar-refractivity contribution in [3.8, 4) is 0 Å². The topological polar surface area (TPSA) is 85.0 Å². The fourth-order valence-corrected chi connectivity index (χ4v) is 2.99. The molecular formula is C17H21N5O. The number of pyridine rings is 1. The second kappa shape index (κ2) is 7.17. The third-order valence-corrected chi connectivity index (χ3v) is 4.24. The minimum absolute atomic E-state index is 0.0264. The van der Waals surface area contributed by atoms with Crippen molar-refractivity contribution >= 4 is 11.7 Å². The van der Waals surface area contributed by atoms with Crippen LogP contribution in [0.2, 0.25) is 0 Å². The molecule has 1 fully saturated rings. The monoisotopic (exact) mass is 311 g/mol. The smallest absolute Gasteiger partial charge is 0.272 e. The Morgan fingerprint density at radius 1 is 1.17 bits per heavy atom. The van der Waals surface area contributed by atoms with Crippen LogP contribution in [0.15, 0.2) is 36.8 Å². The van der Waals surface area contributed by atoms with Crippen molar-refractivity contribution in [3.63, 3.8) is 0 Å². The second-order valence-corrected chi connectivity index (χ2v) is 5.94. The first-order chi connectivity index (χ1) is 11.2. The van der Waals surface area contributed by atoms with Crippen LogP contribution < -0.4 is 5.73 Å². The number of anilines is 1. The van der Waals surface area contributed by atoms with Crippen LogP contribution in [-0.4, -0.2) is 38.8 Å². The molecule has 2 aromatic heterocycles. The van der Waals surface area contributed by atoms with E-state index in [1.54, 1.807) is 24.7 Å². The Morgan fingerprint density at radius 3 is 2.83 bits per heavy atom. The highest BCUT2D eigenvalue weighted by Gasteiger charge is 2.22. The van der Waals surface area contributed by atoms with E-state index < -0.39 is 0 Å². The number of nitrogens with zero attached hydrogens (tertiary/aromatic N) is 4. The van der Waals surface area contributed by atoms with Crippen molar-refractivity contribution in [2.45, 2.75) is 25.7 Å². The molecule has 120 valence electrons. The van der Waals surface area contributed by atoms with Gasteiger partial charge in [-0.2, -0.15) is 0 Å². The van der Waals surface area contributed by atoms with Crippen molar-refractivity contribution in [3.05, 3.63) is 48.2 Å². The summed E-state index contributed by atoms with van der Waals surface area (Å²) in [5, 5.41) is 0. The summed E-state index contributed by atoms with van der Waals surface area (Å²) < 4.78 is 0. The van der Waals surface area contributed by atoms with Crippen molar-refractivity contribution in [1.29, 1.82) is 0 Å². The molecule has 1 saturated heterocycles. The fraction of sp³-hybridized carbons (Fsp3) is 0.412. The van der Waals surface area contributed by atoms with Crippen molar-refractivity contribution in [1.82, 2.24) is 19.9 Å². The van der Waals surface area contributed by atoms with Gasteiger partial charge in [0.05, 0.1) is 18.1 Å². The van der Waals surface area contributed by atoms with Gasteiger partial charge in [0, 0.05) is 19.3 Å². The van der Waals surface area contributed by atoms with Gasteiger partial charge in [0.1, 0.15) is 11.5 Å². The van der Waals surface area contributed by atoms with Crippen LogP contribution in [0, 0.1) is 5.92 Å². The lowest BCUT2D eigenvalue weighted by Crippen LogP contribution is -2.32. The number of carbonyl (C=O) groups excluding carboxylic acids is 1. The molecule has 2 aromatic rings. The number of nitrogen functional groups attached to an aromatic ring is 1. The maximum absolute atomic E-state index is 12.5. The first-order valence-corrected chi connectivity index (χ1v) is 7.99. The number of amides is 1. The summed E-state index contributed by atoms with van der Waals surface area (Å²) in [7, 11) is 0. The van der Waals surface area contributed by atoms with Gasteiger partial charge in [0.25, 0.3) is 5.91 Å². The Kier molecular flexibility index (Phi) is 4.80. The molecular weight excluding hydrogens is 290 g/mol. The van der Waals surface area contributed by atoms with E-state index in [4.69, 9.17) is 5.73 Å². The highest BCUT2D eigenvalue weighted by Crippen LogP contribution is 2.22. The minimum atomic E-state index is 0.0264. The number of likely N-dealkylation sites (tertiary alicyclic amines) is 1. The van der Waals surface area contributed by atoms with E-state index in [-0.39, 0.29) is 5.91 Å². The van der Waals surface area contributed by atoms with Gasteiger partial charge in [0.2, 0.25) is 0 Å². The lowest BCUT2D eigenvalue weighted by molar-refractivity contribution is 0.0754. The van der Waals surface area contributed by atoms with E-state index in [2.05, 4.69) is 15.0 Å². The Morgan fingerprint density at radius 2 is 2.09 bits per heavy atom. The molecule has 0 radical (unpaired) electrons. The standard InChI is InChI=1S/C17H21N5O/c18-16-12-20-14(11-21-16)10-13-4-3-8-22(9-6-13)17(23)15-5-1-2-7-19-15/h1-2,5,7,11-13H,3-4,6,8-10H2,(H2,18,21). The van der Waals surface area contributed by atoms with Gasteiger partial charge < -0.3 is 10.6 Å². The first-order valence-electron chi connectivity index (χ1n) is 7.99. The molecule has 1 unspecified atom stereocenters. The highest BCUT2D eigenvalue weighted by atomic mass is 16.2. The Labute approximate surface area is 135 Å². The van der Waals surface area contributed by atoms with Crippen LogP contribution >= 0.6 is 0 Å². The van der Waals surface area contributed by atoms with Gasteiger partial charge in [0.15, 0.2) is 0 Å².